The lowest BCUT2D eigenvalue weighted by Gasteiger charge is -2.36. The molecule has 2 heterocycles. The van der Waals surface area contributed by atoms with Gasteiger partial charge in [0, 0.05) is 44.8 Å². The molecule has 0 aliphatic carbocycles. The van der Waals surface area contributed by atoms with Gasteiger partial charge in [0.1, 0.15) is 5.82 Å². The summed E-state index contributed by atoms with van der Waals surface area (Å²) < 4.78 is 18.9. The molecule has 0 aromatic heterocycles. The van der Waals surface area contributed by atoms with Gasteiger partial charge < -0.3 is 14.5 Å². The maximum absolute atomic E-state index is 13.7. The van der Waals surface area contributed by atoms with E-state index in [0.29, 0.717) is 70.2 Å². The van der Waals surface area contributed by atoms with Crippen LogP contribution in [0.1, 0.15) is 15.9 Å². The van der Waals surface area contributed by atoms with Crippen molar-refractivity contribution in [2.75, 3.05) is 59.0 Å². The second-order valence-electron chi connectivity index (χ2n) is 6.53. The molecule has 0 saturated carbocycles. The number of hydrogen-bond acceptors (Lipinski definition) is 4. The number of carbonyl (C=O) groups is 2. The Morgan fingerprint density at radius 3 is 2.36 bits per heavy atom. The smallest absolute Gasteiger partial charge is 0.254 e. The summed E-state index contributed by atoms with van der Waals surface area (Å²) in [7, 11) is 0. The number of piperazine rings is 1. The quantitative estimate of drug-likeness (QED) is 0.808. The molecule has 0 N–H and O–H groups in total. The van der Waals surface area contributed by atoms with E-state index >= 15 is 0 Å². The largest absolute Gasteiger partial charge is 0.378 e. The van der Waals surface area contributed by atoms with E-state index in [0.717, 1.165) is 0 Å². The van der Waals surface area contributed by atoms with Crippen LogP contribution in [0.15, 0.2) is 18.2 Å². The van der Waals surface area contributed by atoms with Gasteiger partial charge in [-0.15, -0.1) is 0 Å². The molecule has 1 aromatic rings. The molecule has 7 heteroatoms. The van der Waals surface area contributed by atoms with Crippen LogP contribution in [0.4, 0.5) is 4.39 Å². The standard InChI is InChI=1S/C18H24FN3O3/c1-14-2-3-15(12-16(14)19)18(24)22-6-4-20(5-7-22)13-17(23)21-8-10-25-11-9-21/h2-3,12H,4-11,13H2,1H3. The first-order chi connectivity index (χ1) is 12.0. The fraction of sp³-hybridized carbons (Fsp3) is 0.556. The van der Waals surface area contributed by atoms with Crippen molar-refractivity contribution in [1.82, 2.24) is 14.7 Å². The lowest BCUT2D eigenvalue weighted by molar-refractivity contribution is -0.136. The van der Waals surface area contributed by atoms with Crippen LogP contribution < -0.4 is 0 Å². The van der Waals surface area contributed by atoms with Crippen molar-refractivity contribution in [2.45, 2.75) is 6.92 Å². The van der Waals surface area contributed by atoms with Crippen LogP contribution in [0.25, 0.3) is 0 Å². The van der Waals surface area contributed by atoms with Gasteiger partial charge in [0.15, 0.2) is 0 Å². The highest BCUT2D eigenvalue weighted by Gasteiger charge is 2.25. The van der Waals surface area contributed by atoms with E-state index in [-0.39, 0.29) is 17.6 Å². The summed E-state index contributed by atoms with van der Waals surface area (Å²) in [5.41, 5.74) is 0.906. The fourth-order valence-corrected chi connectivity index (χ4v) is 3.12. The van der Waals surface area contributed by atoms with E-state index in [1.165, 1.54) is 6.07 Å². The molecule has 0 spiro atoms. The number of morpholine rings is 1. The van der Waals surface area contributed by atoms with Crippen molar-refractivity contribution in [3.8, 4) is 0 Å². The fourth-order valence-electron chi connectivity index (χ4n) is 3.12. The SMILES string of the molecule is Cc1ccc(C(=O)N2CCN(CC(=O)N3CCOCC3)CC2)cc1F. The van der Waals surface area contributed by atoms with Crippen molar-refractivity contribution >= 4 is 11.8 Å². The van der Waals surface area contributed by atoms with Crippen molar-refractivity contribution in [3.05, 3.63) is 35.1 Å². The van der Waals surface area contributed by atoms with Crippen LogP contribution in [0.5, 0.6) is 0 Å². The van der Waals surface area contributed by atoms with E-state index in [9.17, 15) is 14.0 Å². The average Bonchev–Trinajstić information content (AvgIpc) is 2.65. The van der Waals surface area contributed by atoms with Crippen LogP contribution in [0, 0.1) is 12.7 Å². The van der Waals surface area contributed by atoms with E-state index in [1.807, 2.05) is 4.90 Å². The molecule has 2 fully saturated rings. The van der Waals surface area contributed by atoms with Crippen molar-refractivity contribution < 1.29 is 18.7 Å². The Labute approximate surface area is 147 Å². The van der Waals surface area contributed by atoms with Crippen LogP contribution in [-0.4, -0.2) is 85.5 Å². The number of aryl methyl sites for hydroxylation is 1. The van der Waals surface area contributed by atoms with E-state index in [1.54, 1.807) is 24.0 Å². The Kier molecular flexibility index (Phi) is 5.65. The number of ether oxygens (including phenoxy) is 1. The lowest BCUT2D eigenvalue weighted by atomic mass is 10.1. The summed E-state index contributed by atoms with van der Waals surface area (Å²) in [5, 5.41) is 0. The molecule has 2 saturated heterocycles. The molecule has 0 unspecified atom stereocenters. The first-order valence-electron chi connectivity index (χ1n) is 8.68. The summed E-state index contributed by atoms with van der Waals surface area (Å²) >= 11 is 0. The van der Waals surface area contributed by atoms with Gasteiger partial charge in [-0.1, -0.05) is 6.07 Å². The number of halogens is 1. The van der Waals surface area contributed by atoms with Gasteiger partial charge in [-0.05, 0) is 24.6 Å². The Morgan fingerprint density at radius 2 is 1.72 bits per heavy atom. The topological polar surface area (TPSA) is 53.1 Å². The van der Waals surface area contributed by atoms with Crippen molar-refractivity contribution in [1.29, 1.82) is 0 Å². The predicted molar refractivity (Wildman–Crippen MR) is 90.9 cm³/mol. The highest BCUT2D eigenvalue weighted by molar-refractivity contribution is 5.94. The minimum atomic E-state index is -0.361. The van der Waals surface area contributed by atoms with Gasteiger partial charge in [0.05, 0.1) is 19.8 Å². The van der Waals surface area contributed by atoms with Crippen LogP contribution >= 0.6 is 0 Å². The Morgan fingerprint density at radius 1 is 1.04 bits per heavy atom. The molecule has 0 atom stereocenters. The molecular weight excluding hydrogens is 325 g/mol. The minimum absolute atomic E-state index is 0.115. The first-order valence-corrected chi connectivity index (χ1v) is 8.68. The summed E-state index contributed by atoms with van der Waals surface area (Å²) in [4.78, 5) is 30.4. The molecule has 136 valence electrons. The van der Waals surface area contributed by atoms with Gasteiger partial charge in [-0.2, -0.15) is 0 Å². The summed E-state index contributed by atoms with van der Waals surface area (Å²) in [6.45, 7) is 6.94. The molecule has 6 nitrogen and oxygen atoms in total. The summed E-state index contributed by atoms with van der Waals surface area (Å²) in [6, 6.07) is 4.58. The highest BCUT2D eigenvalue weighted by atomic mass is 19.1. The van der Waals surface area contributed by atoms with E-state index in [2.05, 4.69) is 4.90 Å². The number of amides is 2. The number of rotatable bonds is 3. The number of carbonyl (C=O) groups excluding carboxylic acids is 2. The van der Waals surface area contributed by atoms with Gasteiger partial charge >= 0.3 is 0 Å². The molecule has 2 aliphatic heterocycles. The third kappa shape index (κ3) is 4.35. The first kappa shape index (κ1) is 17.8. The number of benzene rings is 1. The third-order valence-electron chi connectivity index (χ3n) is 4.80. The molecule has 2 aliphatic rings. The minimum Gasteiger partial charge on any atom is -0.378 e. The Hall–Kier alpha value is -1.99. The van der Waals surface area contributed by atoms with Crippen LogP contribution in [0.3, 0.4) is 0 Å². The molecular formula is C18H24FN3O3. The van der Waals surface area contributed by atoms with Gasteiger partial charge in [0.25, 0.3) is 5.91 Å². The van der Waals surface area contributed by atoms with Gasteiger partial charge in [-0.3, -0.25) is 14.5 Å². The Balaban J connectivity index is 1.50. The molecule has 2 amide bonds. The maximum Gasteiger partial charge on any atom is 0.254 e. The monoisotopic (exact) mass is 349 g/mol. The lowest BCUT2D eigenvalue weighted by Crippen LogP contribution is -2.52. The third-order valence-corrected chi connectivity index (χ3v) is 4.80. The van der Waals surface area contributed by atoms with E-state index < -0.39 is 0 Å². The molecule has 1 aromatic carbocycles. The van der Waals surface area contributed by atoms with Gasteiger partial charge in [-0.25, -0.2) is 4.39 Å². The number of hydrogen-bond donors (Lipinski definition) is 0. The van der Waals surface area contributed by atoms with Gasteiger partial charge in [0.2, 0.25) is 5.91 Å². The zero-order valence-electron chi connectivity index (χ0n) is 14.5. The average molecular weight is 349 g/mol. The molecule has 0 bridgehead atoms. The molecule has 25 heavy (non-hydrogen) atoms. The zero-order chi connectivity index (χ0) is 17.8. The second-order valence-corrected chi connectivity index (χ2v) is 6.53. The van der Waals surface area contributed by atoms with Crippen LogP contribution in [0.2, 0.25) is 0 Å². The molecule has 3 rings (SSSR count). The van der Waals surface area contributed by atoms with Crippen LogP contribution in [-0.2, 0) is 9.53 Å². The molecule has 0 radical (unpaired) electrons. The van der Waals surface area contributed by atoms with Crippen molar-refractivity contribution in [2.24, 2.45) is 0 Å². The second kappa shape index (κ2) is 7.93. The zero-order valence-corrected chi connectivity index (χ0v) is 14.5. The highest BCUT2D eigenvalue weighted by Crippen LogP contribution is 2.13. The van der Waals surface area contributed by atoms with E-state index in [4.69, 9.17) is 4.74 Å². The summed E-state index contributed by atoms with van der Waals surface area (Å²) in [5.74, 6) is -0.401. The van der Waals surface area contributed by atoms with Crippen molar-refractivity contribution in [3.63, 3.8) is 0 Å². The maximum atomic E-state index is 13.7. The number of nitrogens with zero attached hydrogens (tertiary/aromatic N) is 3. The normalized spacial score (nSPS) is 19.1. The summed E-state index contributed by atoms with van der Waals surface area (Å²) in [6.07, 6.45) is 0. The predicted octanol–water partition coefficient (Wildman–Crippen LogP) is 0.751. The Bertz CT molecular complexity index is 638.